The SMILES string of the molecule is O=C(NC(CC(F)F)C(=O)O)c1ccc(C(F)(F)F)nc1. The van der Waals surface area contributed by atoms with Crippen molar-refractivity contribution < 1.29 is 36.6 Å². The van der Waals surface area contributed by atoms with E-state index < -0.39 is 42.6 Å². The molecule has 0 saturated carbocycles. The van der Waals surface area contributed by atoms with Gasteiger partial charge in [0, 0.05) is 12.6 Å². The largest absolute Gasteiger partial charge is 0.480 e. The second kappa shape index (κ2) is 6.46. The van der Waals surface area contributed by atoms with E-state index in [1.54, 1.807) is 5.32 Å². The van der Waals surface area contributed by atoms with Gasteiger partial charge in [0.05, 0.1) is 5.56 Å². The van der Waals surface area contributed by atoms with Crippen molar-refractivity contribution in [2.45, 2.75) is 25.1 Å². The summed E-state index contributed by atoms with van der Waals surface area (Å²) in [6.45, 7) is 0. The monoisotopic (exact) mass is 312 g/mol. The number of aromatic nitrogens is 1. The van der Waals surface area contributed by atoms with Gasteiger partial charge in [0.1, 0.15) is 11.7 Å². The molecule has 1 aromatic heterocycles. The molecule has 0 saturated heterocycles. The summed E-state index contributed by atoms with van der Waals surface area (Å²) < 4.78 is 61.0. The van der Waals surface area contributed by atoms with Crippen molar-refractivity contribution in [3.8, 4) is 0 Å². The zero-order valence-electron chi connectivity index (χ0n) is 10.2. The van der Waals surface area contributed by atoms with E-state index in [2.05, 4.69) is 4.98 Å². The molecular weight excluding hydrogens is 303 g/mol. The van der Waals surface area contributed by atoms with Gasteiger partial charge >= 0.3 is 12.1 Å². The first kappa shape index (κ1) is 16.8. The summed E-state index contributed by atoms with van der Waals surface area (Å²) in [6, 6.07) is -0.552. The van der Waals surface area contributed by atoms with Crippen LogP contribution in [0.2, 0.25) is 0 Å². The zero-order chi connectivity index (χ0) is 16.2. The molecule has 0 fully saturated rings. The van der Waals surface area contributed by atoms with Crippen molar-refractivity contribution in [1.29, 1.82) is 0 Å². The third-order valence-corrected chi connectivity index (χ3v) is 2.33. The van der Waals surface area contributed by atoms with E-state index in [1.807, 2.05) is 0 Å². The van der Waals surface area contributed by atoms with E-state index in [4.69, 9.17) is 5.11 Å². The molecule has 21 heavy (non-hydrogen) atoms. The summed E-state index contributed by atoms with van der Waals surface area (Å²) in [5, 5.41) is 10.4. The first-order valence-electron chi connectivity index (χ1n) is 5.46. The number of hydrogen-bond donors (Lipinski definition) is 2. The van der Waals surface area contributed by atoms with Gasteiger partial charge in [-0.05, 0) is 12.1 Å². The predicted molar refractivity (Wildman–Crippen MR) is 58.8 cm³/mol. The summed E-state index contributed by atoms with van der Waals surface area (Å²) in [6.07, 6.45) is -8.18. The summed E-state index contributed by atoms with van der Waals surface area (Å²) in [5.74, 6) is -2.78. The summed E-state index contributed by atoms with van der Waals surface area (Å²) in [7, 11) is 0. The highest BCUT2D eigenvalue weighted by molar-refractivity contribution is 5.96. The lowest BCUT2D eigenvalue weighted by molar-refractivity contribution is -0.141. The van der Waals surface area contributed by atoms with Crippen LogP contribution < -0.4 is 5.32 Å². The van der Waals surface area contributed by atoms with Crippen LogP contribution in [0.4, 0.5) is 22.0 Å². The number of carbonyl (C=O) groups is 2. The van der Waals surface area contributed by atoms with Crippen LogP contribution in [0, 0.1) is 0 Å². The Labute approximate surface area is 114 Å². The number of carboxylic acids is 1. The molecule has 1 unspecified atom stereocenters. The van der Waals surface area contributed by atoms with E-state index in [0.717, 1.165) is 6.07 Å². The normalized spacial score (nSPS) is 13.0. The number of hydrogen-bond acceptors (Lipinski definition) is 3. The Kier molecular flexibility index (Phi) is 5.17. The number of carbonyl (C=O) groups excluding carboxylic acids is 1. The van der Waals surface area contributed by atoms with Crippen LogP contribution >= 0.6 is 0 Å². The third-order valence-electron chi connectivity index (χ3n) is 2.33. The minimum atomic E-state index is -4.69. The Morgan fingerprint density at radius 2 is 1.90 bits per heavy atom. The second-order valence-electron chi connectivity index (χ2n) is 3.92. The highest BCUT2D eigenvalue weighted by atomic mass is 19.4. The molecule has 10 heteroatoms. The average Bonchev–Trinajstić information content (AvgIpc) is 2.36. The number of alkyl halides is 5. The molecule has 5 nitrogen and oxygen atoms in total. The minimum absolute atomic E-state index is 0.372. The van der Waals surface area contributed by atoms with Crippen LogP contribution in [0.25, 0.3) is 0 Å². The standard InChI is InChI=1S/C11H9F5N2O3/c12-8(13)3-6(10(20)21)18-9(19)5-1-2-7(17-4-5)11(14,15)16/h1-2,4,6,8H,3H2,(H,18,19)(H,20,21). The predicted octanol–water partition coefficient (Wildman–Crippen LogP) is 1.94. The maximum Gasteiger partial charge on any atom is 0.433 e. The molecule has 0 spiro atoms. The number of pyridine rings is 1. The fourth-order valence-corrected chi connectivity index (χ4v) is 1.34. The first-order valence-corrected chi connectivity index (χ1v) is 5.46. The van der Waals surface area contributed by atoms with Crippen LogP contribution in [-0.2, 0) is 11.0 Å². The fraction of sp³-hybridized carbons (Fsp3) is 0.364. The van der Waals surface area contributed by atoms with E-state index in [-0.39, 0.29) is 5.56 Å². The van der Waals surface area contributed by atoms with Gasteiger partial charge < -0.3 is 10.4 Å². The van der Waals surface area contributed by atoms with Crippen LogP contribution in [0.3, 0.4) is 0 Å². The molecule has 1 heterocycles. The second-order valence-corrected chi connectivity index (χ2v) is 3.92. The molecule has 0 radical (unpaired) electrons. The van der Waals surface area contributed by atoms with Crippen molar-refractivity contribution in [3.63, 3.8) is 0 Å². The lowest BCUT2D eigenvalue weighted by Gasteiger charge is -2.14. The number of halogens is 5. The molecule has 1 atom stereocenters. The fourth-order valence-electron chi connectivity index (χ4n) is 1.34. The highest BCUT2D eigenvalue weighted by Gasteiger charge is 2.32. The number of nitrogens with zero attached hydrogens (tertiary/aromatic N) is 1. The first-order chi connectivity index (χ1) is 9.61. The van der Waals surface area contributed by atoms with E-state index >= 15 is 0 Å². The Hall–Kier alpha value is -2.26. The van der Waals surface area contributed by atoms with Gasteiger partial charge in [-0.2, -0.15) is 13.2 Å². The average molecular weight is 312 g/mol. The Balaban J connectivity index is 2.81. The van der Waals surface area contributed by atoms with Gasteiger partial charge in [0.2, 0.25) is 6.43 Å². The van der Waals surface area contributed by atoms with Crippen molar-refractivity contribution in [2.75, 3.05) is 0 Å². The van der Waals surface area contributed by atoms with Gasteiger partial charge in [-0.25, -0.2) is 13.6 Å². The van der Waals surface area contributed by atoms with Crippen molar-refractivity contribution >= 4 is 11.9 Å². The molecule has 0 aliphatic carbocycles. The van der Waals surface area contributed by atoms with Crippen LogP contribution in [0.15, 0.2) is 18.3 Å². The summed E-state index contributed by atoms with van der Waals surface area (Å²) in [5.41, 5.74) is -1.61. The molecular formula is C11H9F5N2O3. The summed E-state index contributed by atoms with van der Waals surface area (Å²) in [4.78, 5) is 25.2. The van der Waals surface area contributed by atoms with E-state index in [1.165, 1.54) is 0 Å². The van der Waals surface area contributed by atoms with E-state index in [9.17, 15) is 31.5 Å². The molecule has 0 aliphatic heterocycles. The topological polar surface area (TPSA) is 79.3 Å². The number of amides is 1. The quantitative estimate of drug-likeness (QED) is 0.814. The van der Waals surface area contributed by atoms with Gasteiger partial charge in [-0.3, -0.25) is 9.78 Å². The van der Waals surface area contributed by atoms with Crippen LogP contribution in [-0.4, -0.2) is 34.4 Å². The number of nitrogens with one attached hydrogen (secondary N) is 1. The van der Waals surface area contributed by atoms with Crippen molar-refractivity contribution in [2.24, 2.45) is 0 Å². The lowest BCUT2D eigenvalue weighted by Crippen LogP contribution is -2.42. The van der Waals surface area contributed by atoms with Gasteiger partial charge in [-0.15, -0.1) is 0 Å². The number of aliphatic carboxylic acids is 1. The number of rotatable bonds is 5. The molecule has 1 amide bonds. The van der Waals surface area contributed by atoms with Crippen molar-refractivity contribution in [3.05, 3.63) is 29.6 Å². The lowest BCUT2D eigenvalue weighted by atomic mass is 10.2. The molecule has 1 rings (SSSR count). The van der Waals surface area contributed by atoms with Crippen LogP contribution in [0.1, 0.15) is 22.5 Å². The highest BCUT2D eigenvalue weighted by Crippen LogP contribution is 2.27. The maximum absolute atomic E-state index is 12.3. The molecule has 116 valence electrons. The molecule has 0 bridgehead atoms. The van der Waals surface area contributed by atoms with E-state index in [0.29, 0.717) is 12.3 Å². The summed E-state index contributed by atoms with van der Waals surface area (Å²) >= 11 is 0. The Morgan fingerprint density at radius 1 is 1.29 bits per heavy atom. The van der Waals surface area contributed by atoms with Crippen LogP contribution in [0.5, 0.6) is 0 Å². The number of carboxylic acid groups (broad SMARTS) is 1. The Morgan fingerprint density at radius 3 is 2.29 bits per heavy atom. The maximum atomic E-state index is 12.3. The third kappa shape index (κ3) is 4.97. The van der Waals surface area contributed by atoms with Gasteiger partial charge in [0.15, 0.2) is 0 Å². The Bertz CT molecular complexity index is 516. The van der Waals surface area contributed by atoms with Crippen molar-refractivity contribution in [1.82, 2.24) is 10.3 Å². The van der Waals surface area contributed by atoms with Gasteiger partial charge in [-0.1, -0.05) is 0 Å². The smallest absolute Gasteiger partial charge is 0.433 e. The molecule has 1 aromatic rings. The minimum Gasteiger partial charge on any atom is -0.480 e. The zero-order valence-corrected chi connectivity index (χ0v) is 10.2. The van der Waals surface area contributed by atoms with Gasteiger partial charge in [0.25, 0.3) is 5.91 Å². The molecule has 0 aromatic carbocycles. The molecule has 0 aliphatic rings. The molecule has 2 N–H and O–H groups in total.